The molecule has 1 aromatic heterocycles. The lowest BCUT2D eigenvalue weighted by atomic mass is 9.86. The van der Waals surface area contributed by atoms with Crippen LogP contribution in [0, 0.1) is 0 Å². The van der Waals surface area contributed by atoms with E-state index in [2.05, 4.69) is 17.0 Å². The van der Waals surface area contributed by atoms with Gasteiger partial charge in [0.15, 0.2) is 6.61 Å². The summed E-state index contributed by atoms with van der Waals surface area (Å²) in [5, 5.41) is 7.22. The van der Waals surface area contributed by atoms with E-state index in [-0.39, 0.29) is 24.3 Å². The van der Waals surface area contributed by atoms with Crippen LogP contribution in [0.2, 0.25) is 0 Å². The first-order chi connectivity index (χ1) is 12.1. The maximum absolute atomic E-state index is 12.2. The van der Waals surface area contributed by atoms with Gasteiger partial charge in [0, 0.05) is 31.3 Å². The lowest BCUT2D eigenvalue weighted by Gasteiger charge is -2.31. The third kappa shape index (κ3) is 2.57. The average molecular weight is 338 g/mol. The molecule has 1 unspecified atom stereocenters. The number of likely N-dealkylation sites (N-methyl/N-ethyl adjacent to an activating group) is 1. The third-order valence-electron chi connectivity index (χ3n) is 4.63. The maximum atomic E-state index is 12.2. The lowest BCUT2D eigenvalue weighted by molar-refractivity contribution is -0.121. The average Bonchev–Trinajstić information content (AvgIpc) is 3.05. The number of fused-ring (bicyclic) bond motifs is 2. The molecule has 1 atom stereocenters. The van der Waals surface area contributed by atoms with Crippen LogP contribution in [0.3, 0.4) is 0 Å². The van der Waals surface area contributed by atoms with Gasteiger partial charge in [-0.1, -0.05) is 6.08 Å². The molecule has 128 valence electrons. The first-order valence-corrected chi connectivity index (χ1v) is 8.07. The van der Waals surface area contributed by atoms with Crippen LogP contribution in [0.25, 0.3) is 0 Å². The molecule has 0 saturated carbocycles. The number of carbonyl (C=O) groups excluding carboxylic acids is 2. The van der Waals surface area contributed by atoms with Crippen molar-refractivity contribution in [3.8, 4) is 5.75 Å². The van der Waals surface area contributed by atoms with Gasteiger partial charge in [-0.2, -0.15) is 5.10 Å². The Kier molecular flexibility index (Phi) is 3.56. The number of ether oxygens (including phenoxy) is 1. The molecule has 0 fully saturated rings. The number of hydrogen-bond acceptors (Lipinski definition) is 4. The monoisotopic (exact) mass is 338 g/mol. The Balaban J connectivity index is 1.78. The van der Waals surface area contributed by atoms with E-state index < -0.39 is 0 Å². The van der Waals surface area contributed by atoms with Gasteiger partial charge >= 0.3 is 0 Å². The van der Waals surface area contributed by atoms with Gasteiger partial charge in [-0.25, -0.2) is 0 Å². The minimum absolute atomic E-state index is 0.0244. The van der Waals surface area contributed by atoms with Crippen molar-refractivity contribution in [1.82, 2.24) is 9.78 Å². The van der Waals surface area contributed by atoms with Gasteiger partial charge in [-0.3, -0.25) is 14.3 Å². The van der Waals surface area contributed by atoms with Crippen molar-refractivity contribution in [2.75, 3.05) is 23.9 Å². The summed E-state index contributed by atoms with van der Waals surface area (Å²) >= 11 is 0. The Hall–Kier alpha value is -3.09. The summed E-state index contributed by atoms with van der Waals surface area (Å²) in [6, 6.07) is 3.72. The van der Waals surface area contributed by atoms with Crippen molar-refractivity contribution >= 4 is 23.2 Å². The van der Waals surface area contributed by atoms with E-state index in [1.807, 2.05) is 12.3 Å². The summed E-state index contributed by atoms with van der Waals surface area (Å²) in [6.45, 7) is 4.35. The minimum Gasteiger partial charge on any atom is -0.482 e. The van der Waals surface area contributed by atoms with Crippen molar-refractivity contribution in [2.45, 2.75) is 18.9 Å². The second kappa shape index (κ2) is 5.77. The van der Waals surface area contributed by atoms with Gasteiger partial charge in [0.05, 0.1) is 18.4 Å². The van der Waals surface area contributed by atoms with E-state index in [0.717, 1.165) is 11.1 Å². The molecule has 25 heavy (non-hydrogen) atoms. The van der Waals surface area contributed by atoms with Crippen LogP contribution in [0.1, 0.15) is 23.5 Å². The van der Waals surface area contributed by atoms with E-state index in [9.17, 15) is 9.59 Å². The standard InChI is InChI=1S/C18H18N4O3/c1-3-4-22-9-11(8-19-22)12-6-17(23)20-14-7-15-16(5-13(12)14)25-10-18(24)21(15)2/h3,5,7-9,12H,1,4,6,10H2,2H3,(H,20,23). The second-order valence-electron chi connectivity index (χ2n) is 6.24. The first kappa shape index (κ1) is 15.4. The predicted octanol–water partition coefficient (Wildman–Crippen LogP) is 1.90. The molecule has 2 aliphatic heterocycles. The molecule has 4 rings (SSSR count). The Labute approximate surface area is 144 Å². The SMILES string of the molecule is C=CCn1cc(C2CC(=O)Nc3cc4c(cc32)OCC(=O)N4C)cn1. The molecular weight excluding hydrogens is 320 g/mol. The van der Waals surface area contributed by atoms with Crippen LogP contribution >= 0.6 is 0 Å². The summed E-state index contributed by atoms with van der Waals surface area (Å²) in [4.78, 5) is 25.6. The van der Waals surface area contributed by atoms with Gasteiger partial charge in [0.2, 0.25) is 5.91 Å². The van der Waals surface area contributed by atoms with Gasteiger partial charge in [0.1, 0.15) is 5.75 Å². The molecule has 3 heterocycles. The molecule has 0 aliphatic carbocycles. The molecule has 0 saturated heterocycles. The van der Waals surface area contributed by atoms with Crippen LogP contribution in [0.15, 0.2) is 37.2 Å². The minimum atomic E-state index is -0.114. The molecule has 2 aromatic rings. The van der Waals surface area contributed by atoms with Crippen molar-refractivity contribution in [1.29, 1.82) is 0 Å². The number of benzene rings is 1. The molecular formula is C18H18N4O3. The molecule has 0 spiro atoms. The highest BCUT2D eigenvalue weighted by Gasteiger charge is 2.31. The summed E-state index contributed by atoms with van der Waals surface area (Å²) in [5.41, 5.74) is 3.32. The van der Waals surface area contributed by atoms with Gasteiger partial charge < -0.3 is 15.0 Å². The Morgan fingerprint density at radius 2 is 2.28 bits per heavy atom. The second-order valence-corrected chi connectivity index (χ2v) is 6.24. The quantitative estimate of drug-likeness (QED) is 0.867. The van der Waals surface area contributed by atoms with Crippen LogP contribution < -0.4 is 15.0 Å². The summed E-state index contributed by atoms with van der Waals surface area (Å²) < 4.78 is 7.38. The highest BCUT2D eigenvalue weighted by atomic mass is 16.5. The van der Waals surface area contributed by atoms with Gasteiger partial charge in [0.25, 0.3) is 5.91 Å². The van der Waals surface area contributed by atoms with Crippen molar-refractivity contribution < 1.29 is 14.3 Å². The zero-order valence-corrected chi connectivity index (χ0v) is 13.9. The number of amides is 2. The number of aromatic nitrogens is 2. The fourth-order valence-electron chi connectivity index (χ4n) is 3.31. The van der Waals surface area contributed by atoms with E-state index in [1.165, 1.54) is 0 Å². The zero-order chi connectivity index (χ0) is 17.6. The first-order valence-electron chi connectivity index (χ1n) is 8.07. The lowest BCUT2D eigenvalue weighted by Crippen LogP contribution is -2.36. The predicted molar refractivity (Wildman–Crippen MR) is 92.9 cm³/mol. The largest absolute Gasteiger partial charge is 0.482 e. The number of hydrogen-bond donors (Lipinski definition) is 1. The van der Waals surface area contributed by atoms with Crippen LogP contribution in [0.4, 0.5) is 11.4 Å². The molecule has 1 N–H and O–H groups in total. The van der Waals surface area contributed by atoms with Gasteiger partial charge in [-0.15, -0.1) is 6.58 Å². The van der Waals surface area contributed by atoms with Crippen LogP contribution in [-0.2, 0) is 16.1 Å². The van der Waals surface area contributed by atoms with Crippen LogP contribution in [-0.4, -0.2) is 35.2 Å². The third-order valence-corrected chi connectivity index (χ3v) is 4.63. The van der Waals surface area contributed by atoms with E-state index in [4.69, 9.17) is 4.74 Å². The fourth-order valence-corrected chi connectivity index (χ4v) is 3.31. The molecule has 7 heteroatoms. The zero-order valence-electron chi connectivity index (χ0n) is 13.9. The topological polar surface area (TPSA) is 76.5 Å². The summed E-state index contributed by atoms with van der Waals surface area (Å²) in [7, 11) is 1.71. The van der Waals surface area contributed by atoms with E-state index >= 15 is 0 Å². The number of allylic oxidation sites excluding steroid dienone is 1. The summed E-state index contributed by atoms with van der Waals surface area (Å²) in [5.74, 6) is 0.385. The molecule has 1 aromatic carbocycles. The highest BCUT2D eigenvalue weighted by molar-refractivity contribution is 6.01. The normalized spacial score (nSPS) is 18.9. The molecule has 0 bridgehead atoms. The van der Waals surface area contributed by atoms with Crippen molar-refractivity contribution in [2.24, 2.45) is 0 Å². The molecule has 2 aliphatic rings. The Bertz CT molecular complexity index is 886. The van der Waals surface area contributed by atoms with E-state index in [0.29, 0.717) is 30.1 Å². The van der Waals surface area contributed by atoms with Crippen molar-refractivity contribution in [3.63, 3.8) is 0 Å². The highest BCUT2D eigenvalue weighted by Crippen LogP contribution is 2.44. The Morgan fingerprint density at radius 3 is 3.08 bits per heavy atom. The van der Waals surface area contributed by atoms with E-state index in [1.54, 1.807) is 35.0 Å². The number of anilines is 2. The number of rotatable bonds is 3. The molecule has 7 nitrogen and oxygen atoms in total. The maximum Gasteiger partial charge on any atom is 0.264 e. The summed E-state index contributed by atoms with van der Waals surface area (Å²) in [6.07, 6.45) is 5.84. The molecule has 0 radical (unpaired) electrons. The van der Waals surface area contributed by atoms with Gasteiger partial charge in [-0.05, 0) is 23.3 Å². The number of nitrogens with zero attached hydrogens (tertiary/aromatic N) is 3. The Morgan fingerprint density at radius 1 is 1.44 bits per heavy atom. The number of nitrogens with one attached hydrogen (secondary N) is 1. The van der Waals surface area contributed by atoms with Crippen molar-refractivity contribution in [3.05, 3.63) is 48.3 Å². The smallest absolute Gasteiger partial charge is 0.264 e. The molecule has 2 amide bonds. The fraction of sp³-hybridized carbons (Fsp3) is 0.278. The van der Waals surface area contributed by atoms with Crippen LogP contribution in [0.5, 0.6) is 5.75 Å². The number of carbonyl (C=O) groups is 2.